The molecule has 21 heavy (non-hydrogen) atoms. The van der Waals surface area contributed by atoms with Crippen molar-refractivity contribution >= 4 is 27.7 Å². The van der Waals surface area contributed by atoms with E-state index in [9.17, 15) is 8.42 Å². The highest BCUT2D eigenvalue weighted by molar-refractivity contribution is 7.99. The predicted octanol–water partition coefficient (Wildman–Crippen LogP) is 0.329. The van der Waals surface area contributed by atoms with E-state index in [0.29, 0.717) is 31.6 Å². The van der Waals surface area contributed by atoms with E-state index in [-0.39, 0.29) is 5.75 Å². The first kappa shape index (κ1) is 16.9. The number of hydrogen-bond donors (Lipinski definition) is 2. The molecule has 1 saturated heterocycles. The topological polar surface area (TPSA) is 73.8 Å². The van der Waals surface area contributed by atoms with Crippen molar-refractivity contribution in [1.29, 1.82) is 0 Å². The molecule has 2 unspecified atom stereocenters. The molecule has 2 fully saturated rings. The second-order valence-electron chi connectivity index (χ2n) is 5.55. The molecule has 8 heteroatoms. The fraction of sp³-hybridized carbons (Fsp3) is 0.923. The summed E-state index contributed by atoms with van der Waals surface area (Å²) in [6, 6.07) is 0.485. The summed E-state index contributed by atoms with van der Waals surface area (Å²) in [4.78, 5) is 4.39. The number of nitrogens with zero attached hydrogens (tertiary/aromatic N) is 2. The molecule has 1 saturated carbocycles. The van der Waals surface area contributed by atoms with Crippen LogP contribution in [-0.4, -0.2) is 68.2 Å². The molecule has 0 radical (unpaired) electrons. The van der Waals surface area contributed by atoms with Gasteiger partial charge < -0.3 is 10.6 Å². The number of nitrogens with one attached hydrogen (secondary N) is 2. The molecule has 2 N–H and O–H groups in total. The zero-order valence-electron chi connectivity index (χ0n) is 12.8. The summed E-state index contributed by atoms with van der Waals surface area (Å²) in [7, 11) is -3.16. The number of thioether (sulfide) groups is 1. The zero-order valence-corrected chi connectivity index (χ0v) is 14.5. The molecule has 1 aliphatic carbocycles. The van der Waals surface area contributed by atoms with Crippen LogP contribution in [0.1, 0.15) is 20.3 Å². The van der Waals surface area contributed by atoms with Crippen LogP contribution in [0, 0.1) is 5.92 Å². The predicted molar refractivity (Wildman–Crippen MR) is 89.4 cm³/mol. The molecule has 0 aromatic rings. The Morgan fingerprint density at radius 1 is 1.38 bits per heavy atom. The van der Waals surface area contributed by atoms with Crippen molar-refractivity contribution in [2.24, 2.45) is 10.9 Å². The highest BCUT2D eigenvalue weighted by Crippen LogP contribution is 2.28. The van der Waals surface area contributed by atoms with Crippen molar-refractivity contribution in [1.82, 2.24) is 14.9 Å². The highest BCUT2D eigenvalue weighted by Gasteiger charge is 2.33. The minimum Gasteiger partial charge on any atom is -0.357 e. The third kappa shape index (κ3) is 5.34. The van der Waals surface area contributed by atoms with Gasteiger partial charge in [0.2, 0.25) is 10.0 Å². The zero-order chi connectivity index (χ0) is 15.3. The monoisotopic (exact) mass is 334 g/mol. The van der Waals surface area contributed by atoms with E-state index >= 15 is 0 Å². The SMILES string of the molecule is CCNC(=NCCS(=O)(=O)N1CCSCC1)NC1CC1C. The average Bonchev–Trinajstić information content (AvgIpc) is 3.15. The van der Waals surface area contributed by atoms with Crippen molar-refractivity contribution in [2.45, 2.75) is 26.3 Å². The second kappa shape index (κ2) is 7.69. The molecule has 1 aliphatic heterocycles. The van der Waals surface area contributed by atoms with Crippen LogP contribution in [0.2, 0.25) is 0 Å². The lowest BCUT2D eigenvalue weighted by Gasteiger charge is -2.25. The van der Waals surface area contributed by atoms with Crippen molar-refractivity contribution in [3.05, 3.63) is 0 Å². The van der Waals surface area contributed by atoms with Gasteiger partial charge in [-0.15, -0.1) is 0 Å². The van der Waals surface area contributed by atoms with Crippen molar-refractivity contribution in [2.75, 3.05) is 43.4 Å². The van der Waals surface area contributed by atoms with Crippen LogP contribution < -0.4 is 10.6 Å². The first-order valence-corrected chi connectivity index (χ1v) is 10.4. The third-order valence-corrected chi connectivity index (χ3v) is 6.55. The van der Waals surface area contributed by atoms with Gasteiger partial charge in [-0.2, -0.15) is 11.8 Å². The summed E-state index contributed by atoms with van der Waals surface area (Å²) in [5, 5.41) is 6.50. The van der Waals surface area contributed by atoms with E-state index in [4.69, 9.17) is 0 Å². The Balaban J connectivity index is 1.82. The molecule has 0 bridgehead atoms. The Morgan fingerprint density at radius 2 is 2.05 bits per heavy atom. The molecule has 122 valence electrons. The fourth-order valence-corrected chi connectivity index (χ4v) is 4.70. The van der Waals surface area contributed by atoms with Gasteiger partial charge in [0.25, 0.3) is 0 Å². The summed E-state index contributed by atoms with van der Waals surface area (Å²) in [6.07, 6.45) is 1.16. The van der Waals surface area contributed by atoms with E-state index in [2.05, 4.69) is 22.5 Å². The Hall–Kier alpha value is -0.470. The quantitative estimate of drug-likeness (QED) is 0.541. The summed E-state index contributed by atoms with van der Waals surface area (Å²) in [5.74, 6) is 3.30. The molecule has 2 aliphatic rings. The largest absolute Gasteiger partial charge is 0.357 e. The van der Waals surface area contributed by atoms with Gasteiger partial charge in [0, 0.05) is 37.2 Å². The molecule has 2 rings (SSSR count). The Labute approximate surface area is 132 Å². The number of sulfonamides is 1. The molecule has 0 amide bonds. The summed E-state index contributed by atoms with van der Waals surface area (Å²) >= 11 is 1.81. The van der Waals surface area contributed by atoms with E-state index in [1.165, 1.54) is 0 Å². The molecule has 0 aromatic heterocycles. The van der Waals surface area contributed by atoms with Crippen LogP contribution in [-0.2, 0) is 10.0 Å². The fourth-order valence-electron chi connectivity index (χ4n) is 2.25. The summed E-state index contributed by atoms with van der Waals surface area (Å²) in [6.45, 7) is 6.56. The van der Waals surface area contributed by atoms with Crippen molar-refractivity contribution in [3.63, 3.8) is 0 Å². The van der Waals surface area contributed by atoms with Crippen LogP contribution in [0.15, 0.2) is 4.99 Å². The third-order valence-electron chi connectivity index (χ3n) is 3.76. The van der Waals surface area contributed by atoms with E-state index in [0.717, 1.165) is 30.4 Å². The lowest BCUT2D eigenvalue weighted by atomic mass is 10.5. The van der Waals surface area contributed by atoms with E-state index in [1.54, 1.807) is 4.31 Å². The van der Waals surface area contributed by atoms with Gasteiger partial charge >= 0.3 is 0 Å². The Morgan fingerprint density at radius 3 is 2.62 bits per heavy atom. The first-order chi connectivity index (χ1) is 10.0. The molecule has 6 nitrogen and oxygen atoms in total. The molecule has 0 spiro atoms. The second-order valence-corrected chi connectivity index (χ2v) is 8.87. The van der Waals surface area contributed by atoms with Crippen molar-refractivity contribution < 1.29 is 8.42 Å². The van der Waals surface area contributed by atoms with Gasteiger partial charge in [0.05, 0.1) is 12.3 Å². The number of guanidine groups is 1. The lowest BCUT2D eigenvalue weighted by molar-refractivity contribution is 0.444. The Kier molecular flexibility index (Phi) is 6.19. The minimum absolute atomic E-state index is 0.0917. The number of hydrogen-bond acceptors (Lipinski definition) is 4. The maximum Gasteiger partial charge on any atom is 0.215 e. The molecular weight excluding hydrogens is 308 g/mol. The Bertz CT molecular complexity index is 461. The molecule has 1 heterocycles. The van der Waals surface area contributed by atoms with Crippen LogP contribution in [0.5, 0.6) is 0 Å². The standard InChI is InChI=1S/C13H26N4O2S2/c1-3-14-13(16-12-10-11(12)2)15-4-9-21(18,19)17-5-7-20-8-6-17/h11-12H,3-10H2,1-2H3,(H2,14,15,16). The van der Waals surface area contributed by atoms with Gasteiger partial charge in [-0.3, -0.25) is 4.99 Å². The number of rotatable bonds is 6. The number of aliphatic imine (C=N–C) groups is 1. The van der Waals surface area contributed by atoms with Gasteiger partial charge in [-0.1, -0.05) is 6.92 Å². The van der Waals surface area contributed by atoms with Gasteiger partial charge in [0.1, 0.15) is 0 Å². The highest BCUT2D eigenvalue weighted by atomic mass is 32.2. The minimum atomic E-state index is -3.16. The van der Waals surface area contributed by atoms with Crippen LogP contribution in [0.25, 0.3) is 0 Å². The van der Waals surface area contributed by atoms with Crippen LogP contribution in [0.3, 0.4) is 0 Å². The van der Waals surface area contributed by atoms with Gasteiger partial charge in [-0.25, -0.2) is 12.7 Å². The average molecular weight is 335 g/mol. The van der Waals surface area contributed by atoms with E-state index < -0.39 is 10.0 Å². The van der Waals surface area contributed by atoms with Crippen molar-refractivity contribution in [3.8, 4) is 0 Å². The first-order valence-electron chi connectivity index (χ1n) is 7.63. The van der Waals surface area contributed by atoms with Gasteiger partial charge in [0.15, 0.2) is 5.96 Å². The van der Waals surface area contributed by atoms with Crippen LogP contribution in [0.4, 0.5) is 0 Å². The van der Waals surface area contributed by atoms with E-state index in [1.807, 2.05) is 18.7 Å². The molecule has 0 aromatic carbocycles. The normalized spacial score (nSPS) is 27.4. The maximum atomic E-state index is 12.2. The lowest BCUT2D eigenvalue weighted by Crippen LogP contribution is -2.41. The van der Waals surface area contributed by atoms with Crippen LogP contribution >= 0.6 is 11.8 Å². The molecular formula is C13H26N4O2S2. The summed E-state index contributed by atoms with van der Waals surface area (Å²) in [5.41, 5.74) is 0. The smallest absolute Gasteiger partial charge is 0.215 e. The maximum absolute atomic E-state index is 12.2. The molecule has 2 atom stereocenters. The summed E-state index contributed by atoms with van der Waals surface area (Å²) < 4.78 is 26.0. The van der Waals surface area contributed by atoms with Gasteiger partial charge in [-0.05, 0) is 19.3 Å².